The molecule has 2 aromatic carbocycles. The number of nitrogens with one attached hydrogen (secondary N) is 1. The zero-order chi connectivity index (χ0) is 16.2. The molecule has 0 bridgehead atoms. The van der Waals surface area contributed by atoms with Crippen LogP contribution >= 0.6 is 11.8 Å². The topological polar surface area (TPSA) is 62.8 Å². The van der Waals surface area contributed by atoms with Crippen LogP contribution in [0.1, 0.15) is 17.5 Å². The molecule has 1 aliphatic heterocycles. The standard InChI is InChI=1S/C17H17FN4S/c1-11-4-2-3-5-14(11)20-17(19)22-21-15-8-9-23-16-7-6-12(18)10-13(15)16/h2-7,10H,8-9H2,1H3,(H3,19,20,22)/b21-15+. The summed E-state index contributed by atoms with van der Waals surface area (Å²) in [6.45, 7) is 1.97. The van der Waals surface area contributed by atoms with Gasteiger partial charge in [0.2, 0.25) is 5.96 Å². The fraction of sp³-hybridized carbons (Fsp3) is 0.176. The molecule has 0 saturated carbocycles. The van der Waals surface area contributed by atoms with Crippen molar-refractivity contribution in [3.05, 3.63) is 59.4 Å². The van der Waals surface area contributed by atoms with Crippen LogP contribution in [0.15, 0.2) is 57.5 Å². The van der Waals surface area contributed by atoms with Gasteiger partial charge in [-0.05, 0) is 36.8 Å². The predicted molar refractivity (Wildman–Crippen MR) is 93.9 cm³/mol. The highest BCUT2D eigenvalue weighted by molar-refractivity contribution is 7.99. The Morgan fingerprint density at radius 1 is 1.26 bits per heavy atom. The van der Waals surface area contributed by atoms with E-state index in [1.165, 1.54) is 12.1 Å². The van der Waals surface area contributed by atoms with Crippen molar-refractivity contribution in [2.24, 2.45) is 15.8 Å². The third kappa shape index (κ3) is 3.71. The van der Waals surface area contributed by atoms with Crippen LogP contribution in [-0.2, 0) is 0 Å². The zero-order valence-corrected chi connectivity index (χ0v) is 13.5. The molecule has 0 saturated heterocycles. The van der Waals surface area contributed by atoms with E-state index in [0.29, 0.717) is 0 Å². The first kappa shape index (κ1) is 15.6. The highest BCUT2D eigenvalue weighted by Crippen LogP contribution is 2.30. The number of fused-ring (bicyclic) bond motifs is 1. The lowest BCUT2D eigenvalue weighted by Crippen LogP contribution is -2.28. The van der Waals surface area contributed by atoms with Gasteiger partial charge in [0.15, 0.2) is 0 Å². The second-order valence-corrected chi connectivity index (χ2v) is 6.33. The number of thioether (sulfide) groups is 1. The van der Waals surface area contributed by atoms with Crippen LogP contribution in [0.2, 0.25) is 0 Å². The summed E-state index contributed by atoms with van der Waals surface area (Å²) in [5, 5.41) is 4.32. The first-order chi connectivity index (χ1) is 11.1. The molecular weight excluding hydrogens is 311 g/mol. The van der Waals surface area contributed by atoms with Gasteiger partial charge >= 0.3 is 0 Å². The van der Waals surface area contributed by atoms with E-state index in [1.807, 2.05) is 31.2 Å². The quantitative estimate of drug-likeness (QED) is 0.503. The van der Waals surface area contributed by atoms with Crippen molar-refractivity contribution < 1.29 is 4.39 Å². The number of guanidine groups is 1. The van der Waals surface area contributed by atoms with Gasteiger partial charge < -0.3 is 5.73 Å². The predicted octanol–water partition coefficient (Wildman–Crippen LogP) is 3.57. The van der Waals surface area contributed by atoms with Crippen molar-refractivity contribution in [2.45, 2.75) is 18.2 Å². The van der Waals surface area contributed by atoms with Crippen molar-refractivity contribution in [1.82, 2.24) is 5.43 Å². The lowest BCUT2D eigenvalue weighted by Gasteiger charge is -2.17. The summed E-state index contributed by atoms with van der Waals surface area (Å²) in [4.78, 5) is 5.35. The van der Waals surface area contributed by atoms with Crippen LogP contribution in [0.25, 0.3) is 0 Å². The van der Waals surface area contributed by atoms with Gasteiger partial charge in [-0.25, -0.2) is 14.8 Å². The second-order valence-electron chi connectivity index (χ2n) is 5.19. The van der Waals surface area contributed by atoms with E-state index < -0.39 is 0 Å². The van der Waals surface area contributed by atoms with Gasteiger partial charge in [-0.3, -0.25) is 0 Å². The average Bonchev–Trinajstić information content (AvgIpc) is 2.55. The summed E-state index contributed by atoms with van der Waals surface area (Å²) in [5.74, 6) is 0.858. The Labute approximate surface area is 138 Å². The Morgan fingerprint density at radius 2 is 2.09 bits per heavy atom. The summed E-state index contributed by atoms with van der Waals surface area (Å²) >= 11 is 1.70. The zero-order valence-electron chi connectivity index (χ0n) is 12.7. The van der Waals surface area contributed by atoms with E-state index in [2.05, 4.69) is 15.5 Å². The van der Waals surface area contributed by atoms with Crippen molar-refractivity contribution >= 4 is 29.1 Å². The summed E-state index contributed by atoms with van der Waals surface area (Å²) in [7, 11) is 0. The molecule has 0 aliphatic carbocycles. The Balaban J connectivity index is 1.81. The van der Waals surface area contributed by atoms with E-state index in [1.54, 1.807) is 17.8 Å². The van der Waals surface area contributed by atoms with Gasteiger partial charge in [0.05, 0.1) is 11.4 Å². The molecule has 3 N–H and O–H groups in total. The highest BCUT2D eigenvalue weighted by atomic mass is 32.2. The van der Waals surface area contributed by atoms with Crippen molar-refractivity contribution in [3.8, 4) is 0 Å². The van der Waals surface area contributed by atoms with E-state index >= 15 is 0 Å². The number of hydrazone groups is 1. The van der Waals surface area contributed by atoms with Gasteiger partial charge in [0, 0.05) is 22.6 Å². The van der Waals surface area contributed by atoms with Crippen LogP contribution < -0.4 is 11.2 Å². The van der Waals surface area contributed by atoms with E-state index in [-0.39, 0.29) is 11.8 Å². The number of rotatable bonds is 2. The Hall–Kier alpha value is -2.34. The minimum atomic E-state index is -0.263. The van der Waals surface area contributed by atoms with Crippen LogP contribution in [0.3, 0.4) is 0 Å². The first-order valence-electron chi connectivity index (χ1n) is 7.28. The van der Waals surface area contributed by atoms with Gasteiger partial charge in [-0.15, -0.1) is 11.8 Å². The van der Waals surface area contributed by atoms with Gasteiger partial charge in [-0.2, -0.15) is 5.10 Å². The molecule has 0 unspecified atom stereocenters. The molecule has 1 aliphatic rings. The summed E-state index contributed by atoms with van der Waals surface area (Å²) in [6.07, 6.45) is 0.756. The van der Waals surface area contributed by atoms with Crippen LogP contribution in [0.4, 0.5) is 10.1 Å². The Morgan fingerprint density at radius 3 is 2.91 bits per heavy atom. The fourth-order valence-electron chi connectivity index (χ4n) is 2.33. The number of nitrogens with zero attached hydrogens (tertiary/aromatic N) is 2. The molecule has 6 heteroatoms. The van der Waals surface area contributed by atoms with Crippen LogP contribution in [0, 0.1) is 12.7 Å². The summed E-state index contributed by atoms with van der Waals surface area (Å²) < 4.78 is 13.5. The molecule has 0 aromatic heterocycles. The monoisotopic (exact) mass is 328 g/mol. The minimum absolute atomic E-state index is 0.211. The van der Waals surface area contributed by atoms with Crippen molar-refractivity contribution in [3.63, 3.8) is 0 Å². The number of aliphatic imine (C=N–C) groups is 1. The highest BCUT2D eigenvalue weighted by Gasteiger charge is 2.17. The number of nitrogens with two attached hydrogens (primary N) is 1. The van der Waals surface area contributed by atoms with E-state index in [0.717, 1.165) is 39.6 Å². The SMILES string of the molecule is Cc1ccccc1N=C(N)N/N=C1\CCSc2ccc(F)cc21. The molecule has 23 heavy (non-hydrogen) atoms. The lowest BCUT2D eigenvalue weighted by molar-refractivity contribution is 0.626. The molecule has 1 heterocycles. The smallest absolute Gasteiger partial charge is 0.214 e. The molecule has 0 spiro atoms. The van der Waals surface area contributed by atoms with Gasteiger partial charge in [0.25, 0.3) is 0 Å². The fourth-order valence-corrected chi connectivity index (χ4v) is 3.34. The second kappa shape index (κ2) is 6.83. The maximum atomic E-state index is 13.5. The maximum absolute atomic E-state index is 13.5. The third-order valence-electron chi connectivity index (χ3n) is 3.51. The Kier molecular flexibility index (Phi) is 4.62. The number of halogens is 1. The van der Waals surface area contributed by atoms with Crippen LogP contribution in [-0.4, -0.2) is 17.4 Å². The number of benzene rings is 2. The van der Waals surface area contributed by atoms with Gasteiger partial charge in [-0.1, -0.05) is 18.2 Å². The number of hydrogen-bond donors (Lipinski definition) is 2. The summed E-state index contributed by atoms with van der Waals surface area (Å²) in [5.41, 5.74) is 12.1. The minimum Gasteiger partial charge on any atom is -0.368 e. The largest absolute Gasteiger partial charge is 0.368 e. The lowest BCUT2D eigenvalue weighted by atomic mass is 10.1. The molecule has 0 atom stereocenters. The van der Waals surface area contributed by atoms with Crippen molar-refractivity contribution in [1.29, 1.82) is 0 Å². The van der Waals surface area contributed by atoms with Crippen LogP contribution in [0.5, 0.6) is 0 Å². The molecule has 0 amide bonds. The molecule has 0 radical (unpaired) electrons. The number of hydrogen-bond acceptors (Lipinski definition) is 3. The maximum Gasteiger partial charge on any atom is 0.214 e. The van der Waals surface area contributed by atoms with E-state index in [9.17, 15) is 4.39 Å². The van der Waals surface area contributed by atoms with Crippen molar-refractivity contribution in [2.75, 3.05) is 5.75 Å². The van der Waals surface area contributed by atoms with E-state index in [4.69, 9.17) is 5.73 Å². The molecule has 3 rings (SSSR count). The average molecular weight is 328 g/mol. The molecule has 118 valence electrons. The first-order valence-corrected chi connectivity index (χ1v) is 8.27. The third-order valence-corrected chi connectivity index (χ3v) is 4.59. The normalized spacial score (nSPS) is 16.3. The molecule has 0 fully saturated rings. The molecule has 2 aromatic rings. The van der Waals surface area contributed by atoms with Gasteiger partial charge in [0.1, 0.15) is 5.82 Å². The summed E-state index contributed by atoms with van der Waals surface area (Å²) in [6, 6.07) is 12.5. The Bertz CT molecular complexity index is 786. The number of aryl methyl sites for hydroxylation is 1. The molecule has 4 nitrogen and oxygen atoms in total. The molecular formula is C17H17FN4S. The number of para-hydroxylation sites is 1.